The Balaban J connectivity index is 2.74. The monoisotopic (exact) mass is 514 g/mol. The standard InChI is InChI=1S/C20H30ClF3N4O4S/c1-16(2,3)32-15(29)28-10-18(7,27-33(31)17(4,5)6)11-8-12(26-14(21)13(11)28)19(30,9-25)20(22,23)24/h8,27,30H,9-10,25H2,1-7H3/t18-,19-,33?/m1/s1. The van der Waals surface area contributed by atoms with E-state index in [1.807, 2.05) is 0 Å². The van der Waals surface area contributed by atoms with E-state index in [-0.39, 0.29) is 17.8 Å². The number of carbonyl (C=O) groups excluding carboxylic acids is 1. The summed E-state index contributed by atoms with van der Waals surface area (Å²) < 4.78 is 61.5. The van der Waals surface area contributed by atoms with E-state index < -0.39 is 62.1 Å². The summed E-state index contributed by atoms with van der Waals surface area (Å²) in [6, 6.07) is 0.985. The van der Waals surface area contributed by atoms with Gasteiger partial charge >= 0.3 is 12.3 Å². The number of nitrogens with zero attached hydrogens (tertiary/aromatic N) is 2. The number of alkyl halides is 3. The van der Waals surface area contributed by atoms with Crippen LogP contribution in [0.3, 0.4) is 0 Å². The first kappa shape index (κ1) is 27.8. The average Bonchev–Trinajstić information content (AvgIpc) is 2.91. The Kier molecular flexibility index (Phi) is 7.27. The van der Waals surface area contributed by atoms with Crippen LogP contribution in [-0.2, 0) is 26.9 Å². The number of carbonyl (C=O) groups is 1. The van der Waals surface area contributed by atoms with Crippen LogP contribution >= 0.6 is 11.6 Å². The largest absolute Gasteiger partial charge is 0.443 e. The number of aliphatic hydroxyl groups is 1. The van der Waals surface area contributed by atoms with Crippen molar-refractivity contribution in [3.63, 3.8) is 0 Å². The number of anilines is 1. The molecule has 33 heavy (non-hydrogen) atoms. The number of fused-ring (bicyclic) bond motifs is 1. The molecule has 0 aliphatic carbocycles. The van der Waals surface area contributed by atoms with Gasteiger partial charge in [-0.25, -0.2) is 18.7 Å². The van der Waals surface area contributed by atoms with Crippen molar-refractivity contribution >= 4 is 34.4 Å². The van der Waals surface area contributed by atoms with Crippen LogP contribution in [0.5, 0.6) is 0 Å². The van der Waals surface area contributed by atoms with Crippen LogP contribution in [0.2, 0.25) is 5.15 Å². The lowest BCUT2D eigenvalue weighted by Crippen LogP contribution is -2.50. The summed E-state index contributed by atoms with van der Waals surface area (Å²) in [4.78, 5) is 17.8. The minimum Gasteiger partial charge on any atom is -0.443 e. The van der Waals surface area contributed by atoms with Gasteiger partial charge in [-0.15, -0.1) is 0 Å². The van der Waals surface area contributed by atoms with Crippen molar-refractivity contribution in [2.45, 2.75) is 76.1 Å². The molecule has 3 atom stereocenters. The molecule has 1 aromatic rings. The Morgan fingerprint density at radius 3 is 2.30 bits per heavy atom. The molecule has 13 heteroatoms. The van der Waals surface area contributed by atoms with Gasteiger partial charge in [0.15, 0.2) is 5.15 Å². The second-order valence-corrected chi connectivity index (χ2v) is 12.5. The van der Waals surface area contributed by atoms with Gasteiger partial charge in [-0.3, -0.25) is 4.90 Å². The van der Waals surface area contributed by atoms with Gasteiger partial charge in [0.25, 0.3) is 0 Å². The van der Waals surface area contributed by atoms with Crippen molar-refractivity contribution in [2.75, 3.05) is 18.0 Å². The molecule has 0 spiro atoms. The quantitative estimate of drug-likeness (QED) is 0.530. The molecule has 1 amide bonds. The molecule has 2 rings (SSSR count). The zero-order chi connectivity index (χ0) is 25.8. The minimum absolute atomic E-state index is 0.00267. The van der Waals surface area contributed by atoms with E-state index in [4.69, 9.17) is 22.1 Å². The topological polar surface area (TPSA) is 118 Å². The number of nitrogens with one attached hydrogen (secondary N) is 1. The lowest BCUT2D eigenvalue weighted by molar-refractivity contribution is -0.263. The fourth-order valence-corrected chi connectivity index (χ4v) is 4.34. The number of amides is 1. The first-order valence-electron chi connectivity index (χ1n) is 10.1. The predicted octanol–water partition coefficient (Wildman–Crippen LogP) is 3.47. The van der Waals surface area contributed by atoms with Gasteiger partial charge in [0.1, 0.15) is 5.60 Å². The molecule has 188 valence electrons. The molecule has 0 saturated heterocycles. The summed E-state index contributed by atoms with van der Waals surface area (Å²) in [5.74, 6) is 0. The van der Waals surface area contributed by atoms with E-state index in [1.54, 1.807) is 48.5 Å². The van der Waals surface area contributed by atoms with E-state index in [2.05, 4.69) is 9.71 Å². The molecule has 0 aromatic carbocycles. The van der Waals surface area contributed by atoms with Crippen molar-refractivity contribution in [1.29, 1.82) is 0 Å². The number of ether oxygens (including phenoxy) is 1. The molecule has 0 fully saturated rings. The molecule has 1 aliphatic rings. The maximum absolute atomic E-state index is 13.7. The second-order valence-electron chi connectivity index (χ2n) is 10.1. The number of nitrogens with two attached hydrogens (primary N) is 1. The Bertz CT molecular complexity index is 964. The van der Waals surface area contributed by atoms with Crippen molar-refractivity contribution in [3.8, 4) is 0 Å². The van der Waals surface area contributed by atoms with Crippen molar-refractivity contribution in [2.24, 2.45) is 5.73 Å². The van der Waals surface area contributed by atoms with E-state index in [9.17, 15) is 27.3 Å². The summed E-state index contributed by atoms with van der Waals surface area (Å²) in [5, 5.41) is 9.87. The van der Waals surface area contributed by atoms with Gasteiger partial charge in [-0.1, -0.05) is 11.6 Å². The van der Waals surface area contributed by atoms with Crippen LogP contribution in [0, 0.1) is 0 Å². The average molecular weight is 515 g/mol. The van der Waals surface area contributed by atoms with E-state index in [0.717, 1.165) is 11.0 Å². The highest BCUT2D eigenvalue weighted by atomic mass is 35.5. The van der Waals surface area contributed by atoms with Crippen LogP contribution in [0.25, 0.3) is 0 Å². The van der Waals surface area contributed by atoms with Gasteiger partial charge in [0, 0.05) is 12.1 Å². The zero-order valence-electron chi connectivity index (χ0n) is 19.6. The smallest absolute Gasteiger partial charge is 0.424 e. The number of pyridine rings is 1. The van der Waals surface area contributed by atoms with E-state index in [0.29, 0.717) is 0 Å². The van der Waals surface area contributed by atoms with E-state index in [1.165, 1.54) is 0 Å². The molecule has 0 radical (unpaired) electrons. The molecular formula is C20H30ClF3N4O4S. The predicted molar refractivity (Wildman–Crippen MR) is 120 cm³/mol. The van der Waals surface area contributed by atoms with Crippen LogP contribution < -0.4 is 15.4 Å². The molecule has 0 bridgehead atoms. The van der Waals surface area contributed by atoms with Gasteiger partial charge in [-0.2, -0.15) is 13.2 Å². The molecule has 0 saturated carbocycles. The van der Waals surface area contributed by atoms with Crippen molar-refractivity contribution < 1.29 is 32.0 Å². The van der Waals surface area contributed by atoms with Gasteiger partial charge in [0.05, 0.1) is 39.2 Å². The third-order valence-electron chi connectivity index (χ3n) is 4.97. The lowest BCUT2D eigenvalue weighted by atomic mass is 9.91. The molecule has 2 heterocycles. The molecule has 1 aliphatic heterocycles. The lowest BCUT2D eigenvalue weighted by Gasteiger charge is -2.32. The summed E-state index contributed by atoms with van der Waals surface area (Å²) in [7, 11) is -1.68. The number of hydrogen-bond acceptors (Lipinski definition) is 6. The summed E-state index contributed by atoms with van der Waals surface area (Å²) in [6.45, 7) is 10.3. The van der Waals surface area contributed by atoms with Gasteiger partial charge < -0.3 is 15.6 Å². The zero-order valence-corrected chi connectivity index (χ0v) is 21.1. The Morgan fingerprint density at radius 1 is 1.33 bits per heavy atom. The van der Waals surface area contributed by atoms with Gasteiger partial charge in [-0.05, 0) is 54.5 Å². The number of hydrogen-bond donors (Lipinski definition) is 3. The Labute approximate surface area is 198 Å². The number of rotatable bonds is 4. The van der Waals surface area contributed by atoms with Crippen LogP contribution in [-0.4, -0.2) is 50.0 Å². The molecule has 1 unspecified atom stereocenters. The molecular weight excluding hydrogens is 485 g/mol. The fourth-order valence-electron chi connectivity index (χ4n) is 3.16. The molecule has 8 nitrogen and oxygen atoms in total. The summed E-state index contributed by atoms with van der Waals surface area (Å²) in [6.07, 6.45) is -5.95. The summed E-state index contributed by atoms with van der Waals surface area (Å²) >= 11 is 6.27. The van der Waals surface area contributed by atoms with Crippen LogP contribution in [0.4, 0.5) is 23.7 Å². The normalized spacial score (nSPS) is 22.0. The van der Waals surface area contributed by atoms with Crippen LogP contribution in [0.1, 0.15) is 59.7 Å². The number of halogens is 4. The fraction of sp³-hybridized carbons (Fsp3) is 0.700. The maximum Gasteiger partial charge on any atom is 0.424 e. The first-order valence-corrected chi connectivity index (χ1v) is 11.6. The minimum atomic E-state index is -5.15. The second kappa shape index (κ2) is 8.63. The van der Waals surface area contributed by atoms with E-state index >= 15 is 0 Å². The highest BCUT2D eigenvalue weighted by Crippen LogP contribution is 2.47. The number of aromatic nitrogens is 1. The summed E-state index contributed by atoms with van der Waals surface area (Å²) in [5.41, 5.74) is -1.13. The molecule has 1 aromatic heterocycles. The van der Waals surface area contributed by atoms with Gasteiger partial charge in [0.2, 0.25) is 5.60 Å². The van der Waals surface area contributed by atoms with Crippen molar-refractivity contribution in [1.82, 2.24) is 9.71 Å². The first-order chi connectivity index (χ1) is 14.7. The third-order valence-corrected chi connectivity index (χ3v) is 6.98. The highest BCUT2D eigenvalue weighted by Gasteiger charge is 2.57. The SMILES string of the molecule is CC(C)(C)OC(=O)N1C[C@@](C)(NS(=O)C(C)(C)C)c2cc([C@](O)(CN)C(F)(F)F)nc(Cl)c21. The Hall–Kier alpha value is -1.47. The van der Waals surface area contributed by atoms with Crippen molar-refractivity contribution in [3.05, 3.63) is 22.5 Å². The highest BCUT2D eigenvalue weighted by molar-refractivity contribution is 7.84. The maximum atomic E-state index is 13.7. The third kappa shape index (κ3) is 5.45. The molecule has 4 N–H and O–H groups in total. The Morgan fingerprint density at radius 2 is 1.88 bits per heavy atom. The van der Waals surface area contributed by atoms with Crippen LogP contribution in [0.15, 0.2) is 6.07 Å².